The van der Waals surface area contributed by atoms with Crippen LogP contribution < -0.4 is 10.6 Å². The second kappa shape index (κ2) is 8.12. The first kappa shape index (κ1) is 15.9. The number of aliphatic hydroxyl groups is 1. The van der Waals surface area contributed by atoms with E-state index in [-0.39, 0.29) is 13.0 Å². The van der Waals surface area contributed by atoms with Crippen LogP contribution in [0.5, 0.6) is 0 Å². The van der Waals surface area contributed by atoms with E-state index < -0.39 is 18.0 Å². The van der Waals surface area contributed by atoms with E-state index in [4.69, 9.17) is 14.9 Å². The minimum Gasteiger partial charge on any atom is -0.480 e. The van der Waals surface area contributed by atoms with Gasteiger partial charge in [0.15, 0.2) is 0 Å². The predicted molar refractivity (Wildman–Crippen MR) is 69.4 cm³/mol. The zero-order valence-corrected chi connectivity index (χ0v) is 11.1. The molecule has 0 unspecified atom stereocenters. The van der Waals surface area contributed by atoms with Crippen LogP contribution in [0.15, 0.2) is 12.4 Å². The molecule has 0 fully saturated rings. The van der Waals surface area contributed by atoms with E-state index in [1.165, 1.54) is 6.20 Å². The number of rotatable bonds is 8. The van der Waals surface area contributed by atoms with Gasteiger partial charge in [0.05, 0.1) is 25.0 Å². The Morgan fingerprint density at radius 2 is 2.30 bits per heavy atom. The van der Waals surface area contributed by atoms with Crippen LogP contribution in [-0.2, 0) is 16.1 Å². The number of aromatic nitrogens is 2. The number of hydrogen-bond acceptors (Lipinski definition) is 5. The molecule has 9 heteroatoms. The third-order valence-electron chi connectivity index (χ3n) is 2.44. The quantitative estimate of drug-likeness (QED) is 0.510. The molecule has 0 aliphatic carbocycles. The number of anilines is 1. The summed E-state index contributed by atoms with van der Waals surface area (Å²) in [6.07, 6.45) is 2.98. The monoisotopic (exact) mass is 286 g/mol. The molecule has 0 aliphatic heterocycles. The summed E-state index contributed by atoms with van der Waals surface area (Å²) in [5.41, 5.74) is 0.437. The Bertz CT molecular complexity index is 448. The van der Waals surface area contributed by atoms with Crippen molar-refractivity contribution in [3.05, 3.63) is 12.4 Å². The zero-order chi connectivity index (χ0) is 15.0. The lowest BCUT2D eigenvalue weighted by Crippen LogP contribution is -2.43. The van der Waals surface area contributed by atoms with E-state index in [1.807, 2.05) is 0 Å². The van der Waals surface area contributed by atoms with Crippen molar-refractivity contribution in [2.45, 2.75) is 19.0 Å². The van der Waals surface area contributed by atoms with Crippen molar-refractivity contribution in [1.82, 2.24) is 15.1 Å². The molecule has 1 heterocycles. The fraction of sp³-hybridized carbons (Fsp3) is 0.545. The Balaban J connectivity index is 2.48. The van der Waals surface area contributed by atoms with E-state index in [9.17, 15) is 9.59 Å². The number of carboxylic acid groups (broad SMARTS) is 1. The fourth-order valence-electron chi connectivity index (χ4n) is 1.45. The van der Waals surface area contributed by atoms with Gasteiger partial charge in [-0.2, -0.15) is 5.10 Å². The molecule has 0 spiro atoms. The third-order valence-corrected chi connectivity index (χ3v) is 2.44. The maximum atomic E-state index is 11.6. The smallest absolute Gasteiger partial charge is 0.326 e. The number of methoxy groups -OCH3 is 1. The van der Waals surface area contributed by atoms with Gasteiger partial charge in [-0.1, -0.05) is 0 Å². The number of ether oxygens (including phenoxy) is 1. The van der Waals surface area contributed by atoms with Crippen LogP contribution in [0.4, 0.5) is 10.5 Å². The van der Waals surface area contributed by atoms with E-state index >= 15 is 0 Å². The molecule has 1 aromatic rings. The van der Waals surface area contributed by atoms with E-state index in [0.29, 0.717) is 18.8 Å². The Kier molecular flexibility index (Phi) is 6.47. The SMILES string of the molecule is COCCn1cc(NC(=O)N[C@@H](CCO)C(=O)O)cn1. The first-order valence-electron chi connectivity index (χ1n) is 5.99. The van der Waals surface area contributed by atoms with Gasteiger partial charge in [-0.3, -0.25) is 4.68 Å². The molecule has 1 rings (SSSR count). The Morgan fingerprint density at radius 3 is 2.90 bits per heavy atom. The number of carbonyl (C=O) groups is 2. The van der Waals surface area contributed by atoms with Gasteiger partial charge in [0.25, 0.3) is 0 Å². The van der Waals surface area contributed by atoms with Gasteiger partial charge in [-0.05, 0) is 0 Å². The maximum absolute atomic E-state index is 11.6. The van der Waals surface area contributed by atoms with Crippen molar-refractivity contribution >= 4 is 17.7 Å². The lowest BCUT2D eigenvalue weighted by molar-refractivity contribution is -0.139. The second-order valence-corrected chi connectivity index (χ2v) is 3.99. The van der Waals surface area contributed by atoms with Gasteiger partial charge >= 0.3 is 12.0 Å². The Morgan fingerprint density at radius 1 is 1.55 bits per heavy atom. The summed E-state index contributed by atoms with van der Waals surface area (Å²) in [5, 5.41) is 26.3. The van der Waals surface area contributed by atoms with Crippen LogP contribution in [0, 0.1) is 0 Å². The topological polar surface area (TPSA) is 126 Å². The molecule has 0 radical (unpaired) electrons. The zero-order valence-electron chi connectivity index (χ0n) is 11.1. The van der Waals surface area contributed by atoms with Gasteiger partial charge in [0.1, 0.15) is 6.04 Å². The Hall–Kier alpha value is -2.13. The molecule has 4 N–H and O–H groups in total. The van der Waals surface area contributed by atoms with Crippen LogP contribution >= 0.6 is 0 Å². The van der Waals surface area contributed by atoms with Crippen LogP contribution in [0.25, 0.3) is 0 Å². The standard InChI is InChI=1S/C11H18N4O5/c1-20-5-3-15-7-8(6-12-15)13-11(19)14-9(2-4-16)10(17)18/h6-7,9,16H,2-5H2,1H3,(H,17,18)(H2,13,14,19)/t9-/m0/s1. The van der Waals surface area contributed by atoms with Crippen molar-refractivity contribution in [2.75, 3.05) is 25.6 Å². The van der Waals surface area contributed by atoms with Crippen LogP contribution in [-0.4, -0.2) is 58.4 Å². The molecule has 0 aliphatic rings. The minimum absolute atomic E-state index is 0.0597. The molecule has 0 aromatic carbocycles. The first-order valence-corrected chi connectivity index (χ1v) is 5.99. The predicted octanol–water partition coefficient (Wildman–Crippen LogP) is -0.513. The summed E-state index contributed by atoms with van der Waals surface area (Å²) < 4.78 is 6.48. The molecular weight excluding hydrogens is 268 g/mol. The van der Waals surface area contributed by atoms with Crippen molar-refractivity contribution < 1.29 is 24.5 Å². The van der Waals surface area contributed by atoms with Crippen LogP contribution in [0.2, 0.25) is 0 Å². The van der Waals surface area contributed by atoms with Crippen LogP contribution in [0.1, 0.15) is 6.42 Å². The fourth-order valence-corrected chi connectivity index (χ4v) is 1.45. The van der Waals surface area contributed by atoms with Crippen LogP contribution in [0.3, 0.4) is 0 Å². The van der Waals surface area contributed by atoms with Crippen molar-refractivity contribution in [1.29, 1.82) is 0 Å². The van der Waals surface area contributed by atoms with Crippen molar-refractivity contribution in [2.24, 2.45) is 0 Å². The second-order valence-electron chi connectivity index (χ2n) is 3.99. The summed E-state index contributed by atoms with van der Waals surface area (Å²) >= 11 is 0. The van der Waals surface area contributed by atoms with Gasteiger partial charge in [-0.25, -0.2) is 9.59 Å². The maximum Gasteiger partial charge on any atom is 0.326 e. The summed E-state index contributed by atoms with van der Waals surface area (Å²) in [4.78, 5) is 22.4. The average Bonchev–Trinajstić information content (AvgIpc) is 2.83. The van der Waals surface area contributed by atoms with Gasteiger partial charge in [0, 0.05) is 26.3 Å². The van der Waals surface area contributed by atoms with Crippen molar-refractivity contribution in [3.63, 3.8) is 0 Å². The molecular formula is C11H18N4O5. The molecule has 2 amide bonds. The molecule has 1 aromatic heterocycles. The van der Waals surface area contributed by atoms with Gasteiger partial charge < -0.3 is 25.6 Å². The number of carboxylic acids is 1. The van der Waals surface area contributed by atoms with Crippen molar-refractivity contribution in [3.8, 4) is 0 Å². The average molecular weight is 286 g/mol. The minimum atomic E-state index is -1.20. The highest BCUT2D eigenvalue weighted by molar-refractivity contribution is 5.91. The van der Waals surface area contributed by atoms with E-state index in [1.54, 1.807) is 18.0 Å². The number of carbonyl (C=O) groups excluding carboxylic acids is 1. The number of aliphatic hydroxyl groups excluding tert-OH is 1. The molecule has 0 saturated carbocycles. The highest BCUT2D eigenvalue weighted by Crippen LogP contribution is 2.04. The third kappa shape index (κ3) is 5.24. The summed E-state index contributed by atoms with van der Waals surface area (Å²) in [6, 6.07) is -1.80. The van der Waals surface area contributed by atoms with Gasteiger partial charge in [-0.15, -0.1) is 0 Å². The lowest BCUT2D eigenvalue weighted by Gasteiger charge is -2.13. The molecule has 1 atom stereocenters. The molecule has 0 bridgehead atoms. The normalized spacial score (nSPS) is 11.9. The lowest BCUT2D eigenvalue weighted by atomic mass is 10.2. The molecule has 112 valence electrons. The molecule has 9 nitrogen and oxygen atoms in total. The highest BCUT2D eigenvalue weighted by atomic mass is 16.5. The van der Waals surface area contributed by atoms with E-state index in [2.05, 4.69) is 15.7 Å². The highest BCUT2D eigenvalue weighted by Gasteiger charge is 2.19. The molecule has 0 saturated heterocycles. The summed E-state index contributed by atoms with van der Waals surface area (Å²) in [6.45, 7) is 0.708. The molecule has 20 heavy (non-hydrogen) atoms. The summed E-state index contributed by atoms with van der Waals surface area (Å²) in [7, 11) is 1.57. The number of hydrogen-bond donors (Lipinski definition) is 4. The number of aliphatic carboxylic acids is 1. The first-order chi connectivity index (χ1) is 9.56. The van der Waals surface area contributed by atoms with Gasteiger partial charge in [0.2, 0.25) is 0 Å². The Labute approximate surface area is 115 Å². The number of nitrogens with one attached hydrogen (secondary N) is 2. The summed E-state index contributed by atoms with van der Waals surface area (Å²) in [5.74, 6) is -1.20. The van der Waals surface area contributed by atoms with E-state index in [0.717, 1.165) is 0 Å². The number of amides is 2. The number of nitrogens with zero attached hydrogens (tertiary/aromatic N) is 2. The largest absolute Gasteiger partial charge is 0.480 e. The number of urea groups is 1.